The van der Waals surface area contributed by atoms with Crippen LogP contribution in [0.15, 0.2) is 36.4 Å². The number of alkyl halides is 3. The lowest BCUT2D eigenvalue weighted by Crippen LogP contribution is -2.26. The number of amides is 2. The number of nitrogen functional groups attached to an aromatic ring is 1. The molecule has 1 aromatic heterocycles. The zero-order valence-electron chi connectivity index (χ0n) is 13.6. The average molecular weight is 366 g/mol. The van der Waals surface area contributed by atoms with Crippen molar-refractivity contribution >= 4 is 17.6 Å². The van der Waals surface area contributed by atoms with Crippen LogP contribution in [-0.2, 0) is 23.9 Å². The van der Waals surface area contributed by atoms with Gasteiger partial charge in [0.1, 0.15) is 11.5 Å². The van der Waals surface area contributed by atoms with Crippen LogP contribution in [0, 0.1) is 0 Å². The Morgan fingerprint density at radius 2 is 1.88 bits per heavy atom. The van der Waals surface area contributed by atoms with Crippen LogP contribution in [0.5, 0.6) is 0 Å². The van der Waals surface area contributed by atoms with Crippen molar-refractivity contribution in [2.75, 3.05) is 5.73 Å². The van der Waals surface area contributed by atoms with Crippen molar-refractivity contribution in [1.82, 2.24) is 10.3 Å². The Kier molecular flexibility index (Phi) is 5.81. The molecule has 26 heavy (non-hydrogen) atoms. The highest BCUT2D eigenvalue weighted by Crippen LogP contribution is 2.29. The Balaban J connectivity index is 1.93. The van der Waals surface area contributed by atoms with E-state index in [4.69, 9.17) is 11.5 Å². The lowest BCUT2D eigenvalue weighted by Gasteiger charge is -2.10. The molecule has 0 aliphatic heterocycles. The zero-order valence-corrected chi connectivity index (χ0v) is 13.6. The van der Waals surface area contributed by atoms with Crippen molar-refractivity contribution in [3.63, 3.8) is 0 Å². The Hall–Kier alpha value is -3.10. The fourth-order valence-electron chi connectivity index (χ4n) is 2.30. The standard InChI is InChI=1S/C17H17F3N4O2/c18-17(19,20)12-3-1-2-10(8-12)4-7-14(25)23-9-11-5-6-13(21)24-15(11)16(22)26/h1-3,5-6,8H,4,7,9H2,(H2,21,24)(H2,22,26)(H,23,25). The smallest absolute Gasteiger partial charge is 0.384 e. The second-order valence-electron chi connectivity index (χ2n) is 5.58. The summed E-state index contributed by atoms with van der Waals surface area (Å²) in [6, 6.07) is 7.81. The molecule has 0 radical (unpaired) electrons. The molecule has 5 N–H and O–H groups in total. The number of nitrogens with two attached hydrogens (primary N) is 2. The molecule has 138 valence electrons. The van der Waals surface area contributed by atoms with Gasteiger partial charge < -0.3 is 16.8 Å². The SMILES string of the molecule is NC(=O)c1nc(N)ccc1CNC(=O)CCc1cccc(C(F)(F)F)c1. The number of aromatic nitrogens is 1. The molecule has 0 saturated heterocycles. The van der Waals surface area contributed by atoms with Crippen molar-refractivity contribution in [2.45, 2.75) is 25.6 Å². The predicted molar refractivity (Wildman–Crippen MR) is 88.8 cm³/mol. The summed E-state index contributed by atoms with van der Waals surface area (Å²) in [6.07, 6.45) is -4.28. The molecule has 2 amide bonds. The van der Waals surface area contributed by atoms with Crippen LogP contribution >= 0.6 is 0 Å². The summed E-state index contributed by atoms with van der Waals surface area (Å²) < 4.78 is 38.0. The highest BCUT2D eigenvalue weighted by molar-refractivity contribution is 5.92. The fourth-order valence-corrected chi connectivity index (χ4v) is 2.30. The van der Waals surface area contributed by atoms with Gasteiger partial charge in [0.25, 0.3) is 5.91 Å². The van der Waals surface area contributed by atoms with Gasteiger partial charge in [-0.15, -0.1) is 0 Å². The number of primary amides is 1. The van der Waals surface area contributed by atoms with Gasteiger partial charge in [-0.3, -0.25) is 9.59 Å². The van der Waals surface area contributed by atoms with E-state index in [0.717, 1.165) is 12.1 Å². The second kappa shape index (κ2) is 7.85. The van der Waals surface area contributed by atoms with E-state index in [0.29, 0.717) is 11.1 Å². The number of hydrogen-bond donors (Lipinski definition) is 3. The number of nitrogens with one attached hydrogen (secondary N) is 1. The molecule has 9 heteroatoms. The van der Waals surface area contributed by atoms with Crippen LogP contribution in [-0.4, -0.2) is 16.8 Å². The molecule has 0 atom stereocenters. The highest BCUT2D eigenvalue weighted by atomic mass is 19.4. The summed E-state index contributed by atoms with van der Waals surface area (Å²) in [5.41, 5.74) is 10.7. The number of carbonyl (C=O) groups excluding carboxylic acids is 2. The van der Waals surface area contributed by atoms with Gasteiger partial charge in [-0.2, -0.15) is 13.2 Å². The van der Waals surface area contributed by atoms with Gasteiger partial charge in [-0.05, 0) is 24.1 Å². The minimum atomic E-state index is -4.43. The van der Waals surface area contributed by atoms with E-state index >= 15 is 0 Å². The first-order chi connectivity index (χ1) is 12.2. The summed E-state index contributed by atoms with van der Waals surface area (Å²) in [5, 5.41) is 2.58. The summed E-state index contributed by atoms with van der Waals surface area (Å²) in [6.45, 7) is 0.00692. The second-order valence-corrected chi connectivity index (χ2v) is 5.58. The first-order valence-electron chi connectivity index (χ1n) is 7.65. The van der Waals surface area contributed by atoms with Crippen molar-refractivity contribution < 1.29 is 22.8 Å². The summed E-state index contributed by atoms with van der Waals surface area (Å²) in [5.74, 6) is -1.03. The van der Waals surface area contributed by atoms with Crippen LogP contribution in [0.4, 0.5) is 19.0 Å². The molecule has 0 fully saturated rings. The quantitative estimate of drug-likeness (QED) is 0.726. The third-order valence-corrected chi connectivity index (χ3v) is 3.60. The molecule has 0 aliphatic rings. The number of pyridine rings is 1. The minimum absolute atomic E-state index is 0.00435. The topological polar surface area (TPSA) is 111 Å². The maximum Gasteiger partial charge on any atom is 0.416 e. The zero-order chi connectivity index (χ0) is 19.3. The number of hydrogen-bond acceptors (Lipinski definition) is 4. The first kappa shape index (κ1) is 19.2. The maximum absolute atomic E-state index is 12.7. The maximum atomic E-state index is 12.7. The molecule has 1 aromatic carbocycles. The monoisotopic (exact) mass is 366 g/mol. The average Bonchev–Trinajstić information content (AvgIpc) is 2.58. The van der Waals surface area contributed by atoms with Crippen LogP contribution in [0.1, 0.15) is 33.6 Å². The van der Waals surface area contributed by atoms with Crippen molar-refractivity contribution in [3.05, 3.63) is 58.8 Å². The van der Waals surface area contributed by atoms with Crippen LogP contribution in [0.3, 0.4) is 0 Å². The summed E-state index contributed by atoms with van der Waals surface area (Å²) in [7, 11) is 0. The van der Waals surface area contributed by atoms with Crippen molar-refractivity contribution in [2.24, 2.45) is 5.73 Å². The van der Waals surface area contributed by atoms with Crippen LogP contribution < -0.4 is 16.8 Å². The molecule has 2 rings (SSSR count). The first-order valence-corrected chi connectivity index (χ1v) is 7.65. The highest BCUT2D eigenvalue weighted by Gasteiger charge is 2.30. The van der Waals surface area contributed by atoms with Gasteiger partial charge in [0, 0.05) is 18.5 Å². The molecule has 0 spiro atoms. The van der Waals surface area contributed by atoms with Crippen LogP contribution in [0.2, 0.25) is 0 Å². The molecule has 1 heterocycles. The van der Waals surface area contributed by atoms with E-state index < -0.39 is 17.6 Å². The van der Waals surface area contributed by atoms with Gasteiger partial charge in [0.2, 0.25) is 5.91 Å². The Morgan fingerprint density at radius 3 is 2.54 bits per heavy atom. The van der Waals surface area contributed by atoms with E-state index in [1.54, 1.807) is 0 Å². The van der Waals surface area contributed by atoms with E-state index in [9.17, 15) is 22.8 Å². The molecule has 2 aromatic rings. The van der Waals surface area contributed by atoms with E-state index in [1.165, 1.54) is 24.3 Å². The molecule has 0 bridgehead atoms. The largest absolute Gasteiger partial charge is 0.416 e. The van der Waals surface area contributed by atoms with E-state index in [1.807, 2.05) is 0 Å². The number of anilines is 1. The van der Waals surface area contributed by atoms with Crippen LogP contribution in [0.25, 0.3) is 0 Å². The van der Waals surface area contributed by atoms with E-state index in [-0.39, 0.29) is 36.8 Å². The number of aryl methyl sites for hydroxylation is 1. The normalized spacial score (nSPS) is 11.2. The lowest BCUT2D eigenvalue weighted by molar-refractivity contribution is -0.137. The number of halogens is 3. The number of carbonyl (C=O) groups is 2. The van der Waals surface area contributed by atoms with Gasteiger partial charge in [0.15, 0.2) is 0 Å². The third kappa shape index (κ3) is 5.20. The molecule has 0 unspecified atom stereocenters. The molecule has 0 saturated carbocycles. The van der Waals surface area contributed by atoms with E-state index in [2.05, 4.69) is 10.3 Å². The fraction of sp³-hybridized carbons (Fsp3) is 0.235. The Morgan fingerprint density at radius 1 is 1.15 bits per heavy atom. The third-order valence-electron chi connectivity index (χ3n) is 3.60. The van der Waals surface area contributed by atoms with Gasteiger partial charge in [-0.25, -0.2) is 4.98 Å². The summed E-state index contributed by atoms with van der Waals surface area (Å²) in [4.78, 5) is 27.1. The van der Waals surface area contributed by atoms with Gasteiger partial charge in [-0.1, -0.05) is 24.3 Å². The molecular weight excluding hydrogens is 349 g/mol. The number of rotatable bonds is 6. The molecule has 0 aliphatic carbocycles. The molecule has 6 nitrogen and oxygen atoms in total. The van der Waals surface area contributed by atoms with Crippen molar-refractivity contribution in [3.8, 4) is 0 Å². The molecular formula is C17H17F3N4O2. The Bertz CT molecular complexity index is 822. The lowest BCUT2D eigenvalue weighted by atomic mass is 10.1. The number of nitrogens with zero attached hydrogens (tertiary/aromatic N) is 1. The van der Waals surface area contributed by atoms with Crippen molar-refractivity contribution in [1.29, 1.82) is 0 Å². The Labute approximate surface area is 147 Å². The van der Waals surface area contributed by atoms with Gasteiger partial charge in [0.05, 0.1) is 5.56 Å². The minimum Gasteiger partial charge on any atom is -0.384 e. The number of benzene rings is 1. The summed E-state index contributed by atoms with van der Waals surface area (Å²) >= 11 is 0. The predicted octanol–water partition coefficient (Wildman–Crippen LogP) is 2.03. The van der Waals surface area contributed by atoms with Gasteiger partial charge >= 0.3 is 6.18 Å².